The van der Waals surface area contributed by atoms with Crippen molar-refractivity contribution in [2.24, 2.45) is 0 Å². The van der Waals surface area contributed by atoms with Gasteiger partial charge in [-0.05, 0) is 57.8 Å². The minimum Gasteiger partial charge on any atom is -0.393 e. The van der Waals surface area contributed by atoms with Crippen LogP contribution in [0.25, 0.3) is 0 Å². The number of rotatable bonds is 43. The van der Waals surface area contributed by atoms with Gasteiger partial charge in [0.2, 0.25) is 5.91 Å². The van der Waals surface area contributed by atoms with Gasteiger partial charge in [0.25, 0.3) is 0 Å². The molecule has 0 bridgehead atoms. The highest BCUT2D eigenvalue weighted by molar-refractivity contribution is 7.47. The molecule has 1 fully saturated rings. The zero-order chi connectivity index (χ0) is 48.7. The molecule has 0 aromatic heterocycles. The predicted molar refractivity (Wildman–Crippen MR) is 266 cm³/mol. The highest BCUT2D eigenvalue weighted by Crippen LogP contribution is 2.47. The van der Waals surface area contributed by atoms with Crippen molar-refractivity contribution in [3.05, 3.63) is 48.6 Å². The first-order chi connectivity index (χ1) is 31.8. The number of hydrogen-bond donors (Lipinski definition) is 9. The van der Waals surface area contributed by atoms with Crippen molar-refractivity contribution in [1.29, 1.82) is 0 Å². The summed E-state index contributed by atoms with van der Waals surface area (Å²) in [6.45, 7) is 3.72. The van der Waals surface area contributed by atoms with E-state index < -0.39 is 75.2 Å². The number of carbonyl (C=O) groups excluding carboxylic acids is 1. The van der Waals surface area contributed by atoms with Gasteiger partial charge in [0.15, 0.2) is 0 Å². The van der Waals surface area contributed by atoms with E-state index in [0.29, 0.717) is 12.8 Å². The van der Waals surface area contributed by atoms with Crippen molar-refractivity contribution >= 4 is 13.7 Å². The smallest absolute Gasteiger partial charge is 0.393 e. The van der Waals surface area contributed by atoms with Crippen molar-refractivity contribution in [2.75, 3.05) is 6.61 Å². The van der Waals surface area contributed by atoms with Crippen LogP contribution >= 0.6 is 7.82 Å². The number of aliphatic hydroxyl groups excluding tert-OH is 7. The Bertz CT molecular complexity index is 1310. The molecule has 66 heavy (non-hydrogen) atoms. The minimum atomic E-state index is -5.16. The molecule has 0 heterocycles. The first kappa shape index (κ1) is 62.3. The van der Waals surface area contributed by atoms with Crippen LogP contribution in [-0.2, 0) is 18.4 Å². The summed E-state index contributed by atoms with van der Waals surface area (Å²) in [4.78, 5) is 23.5. The van der Waals surface area contributed by atoms with Gasteiger partial charge in [0, 0.05) is 0 Å². The summed E-state index contributed by atoms with van der Waals surface area (Å²) in [5, 5.41) is 74.7. The van der Waals surface area contributed by atoms with E-state index in [0.717, 1.165) is 57.8 Å². The van der Waals surface area contributed by atoms with Crippen molar-refractivity contribution < 1.29 is 59.0 Å². The van der Waals surface area contributed by atoms with Gasteiger partial charge in [-0.1, -0.05) is 197 Å². The number of phosphoric acid groups is 1. The summed E-state index contributed by atoms with van der Waals surface area (Å²) in [5.74, 6) is -0.607. The maximum Gasteiger partial charge on any atom is 0.472 e. The summed E-state index contributed by atoms with van der Waals surface area (Å²) >= 11 is 0. The van der Waals surface area contributed by atoms with Crippen molar-refractivity contribution in [2.45, 2.75) is 268 Å². The van der Waals surface area contributed by atoms with Crippen LogP contribution in [0.2, 0.25) is 0 Å². The first-order valence-electron chi connectivity index (χ1n) is 26.2. The number of unbranched alkanes of at least 4 members (excludes halogenated alkanes) is 25. The maximum absolute atomic E-state index is 13.0. The zero-order valence-corrected chi connectivity index (χ0v) is 42.0. The molecule has 0 spiro atoms. The lowest BCUT2D eigenvalue weighted by Crippen LogP contribution is -2.64. The molecule has 0 aliphatic heterocycles. The Balaban J connectivity index is 2.51. The average Bonchev–Trinajstić information content (AvgIpc) is 3.29. The first-order valence-corrected chi connectivity index (χ1v) is 27.7. The molecule has 1 rings (SSSR count). The summed E-state index contributed by atoms with van der Waals surface area (Å²) in [6.07, 6.45) is 36.2. The zero-order valence-electron chi connectivity index (χ0n) is 41.1. The van der Waals surface area contributed by atoms with Gasteiger partial charge in [-0.15, -0.1) is 0 Å². The van der Waals surface area contributed by atoms with Crippen LogP contribution in [0.1, 0.15) is 213 Å². The van der Waals surface area contributed by atoms with Gasteiger partial charge in [0.1, 0.15) is 36.6 Å². The van der Waals surface area contributed by atoms with E-state index in [4.69, 9.17) is 9.05 Å². The lowest BCUT2D eigenvalue weighted by molar-refractivity contribution is -0.220. The highest BCUT2D eigenvalue weighted by atomic mass is 31.2. The van der Waals surface area contributed by atoms with Crippen LogP contribution in [0.5, 0.6) is 0 Å². The SMILES string of the molecule is CCCCC/C=C\C=C/CCCCCCCCCCC(O)CC(=O)NC(COP(=O)(O)OC1C(O)C(O)C(O)C(O)C1O)C(O)/C=C/CC/C=C/CCCCCCCCCCCCCCC. The Morgan fingerprint density at radius 1 is 0.545 bits per heavy atom. The third kappa shape index (κ3) is 32.1. The number of nitrogens with one attached hydrogen (secondary N) is 1. The quantitative estimate of drug-likeness (QED) is 0.0120. The van der Waals surface area contributed by atoms with Crippen LogP contribution in [0.3, 0.4) is 0 Å². The second-order valence-corrected chi connectivity index (χ2v) is 20.0. The lowest BCUT2D eigenvalue weighted by atomic mass is 9.85. The van der Waals surface area contributed by atoms with Gasteiger partial charge in [-0.25, -0.2) is 4.57 Å². The van der Waals surface area contributed by atoms with Crippen molar-refractivity contribution in [1.82, 2.24) is 5.32 Å². The Labute approximate surface area is 399 Å². The van der Waals surface area contributed by atoms with Crippen LogP contribution in [0.15, 0.2) is 48.6 Å². The molecule has 1 aliphatic rings. The minimum absolute atomic E-state index is 0.258. The second-order valence-electron chi connectivity index (χ2n) is 18.6. The summed E-state index contributed by atoms with van der Waals surface area (Å²) in [7, 11) is -5.16. The number of aliphatic hydroxyl groups is 7. The molecular weight excluding hydrogens is 862 g/mol. The van der Waals surface area contributed by atoms with Crippen molar-refractivity contribution in [3.63, 3.8) is 0 Å². The Kier molecular flexibility index (Phi) is 38.8. The number of hydrogen-bond acceptors (Lipinski definition) is 11. The van der Waals surface area contributed by atoms with Gasteiger partial charge in [-0.2, -0.15) is 0 Å². The summed E-state index contributed by atoms with van der Waals surface area (Å²) in [6, 6.07) is -1.26. The van der Waals surface area contributed by atoms with Crippen LogP contribution in [0.4, 0.5) is 0 Å². The molecule has 1 amide bonds. The topological polar surface area (TPSA) is 226 Å². The van der Waals surface area contributed by atoms with Gasteiger partial charge in [0.05, 0.1) is 31.3 Å². The molecule has 386 valence electrons. The van der Waals surface area contributed by atoms with Gasteiger partial charge in [-0.3, -0.25) is 13.8 Å². The standard InChI is InChI=1S/C52H96NO12P/c1-3-5-7-9-11-13-15-17-19-21-22-24-26-28-30-32-34-36-38-40-45(55)44(42-64-66(62,63)65-52-50(60)48(58)47(57)49(59)51(52)61)53-46(56)41-43(54)39-37-35-33-31-29-27-25-23-20-18-16-14-12-10-8-6-4-2/h12,14,16,18,30,32,38,40,43-45,47-52,54-55,57-61H,3-11,13,15,17,19-29,31,33-37,39,41-42H2,1-2H3,(H,53,56)(H,62,63)/b14-12-,18-16-,32-30+,40-38+. The Hall–Kier alpha value is -1.74. The molecular formula is C52H96NO12P. The van der Waals surface area contributed by atoms with E-state index in [1.54, 1.807) is 6.08 Å². The largest absolute Gasteiger partial charge is 0.472 e. The van der Waals surface area contributed by atoms with Gasteiger partial charge >= 0.3 is 7.82 Å². The highest BCUT2D eigenvalue weighted by Gasteiger charge is 2.51. The number of allylic oxidation sites excluding steroid dienone is 7. The predicted octanol–water partition coefficient (Wildman–Crippen LogP) is 9.87. The fraction of sp³-hybridized carbons (Fsp3) is 0.827. The molecule has 14 heteroatoms. The fourth-order valence-electron chi connectivity index (χ4n) is 8.13. The van der Waals surface area contributed by atoms with Crippen LogP contribution in [-0.4, -0.2) is 108 Å². The molecule has 1 aliphatic carbocycles. The van der Waals surface area contributed by atoms with E-state index in [1.807, 2.05) is 0 Å². The van der Waals surface area contributed by atoms with Gasteiger partial charge < -0.3 is 46.0 Å². The summed E-state index contributed by atoms with van der Waals surface area (Å²) < 4.78 is 22.9. The second kappa shape index (κ2) is 41.1. The molecule has 0 aromatic rings. The number of amides is 1. The normalized spacial score (nSPS) is 22.8. The number of phosphoric ester groups is 1. The molecule has 1 saturated carbocycles. The molecule has 0 aromatic carbocycles. The Morgan fingerprint density at radius 3 is 1.45 bits per heavy atom. The van der Waals surface area contributed by atoms with E-state index in [1.165, 1.54) is 128 Å². The van der Waals surface area contributed by atoms with E-state index >= 15 is 0 Å². The third-order valence-electron chi connectivity index (χ3n) is 12.4. The monoisotopic (exact) mass is 958 g/mol. The van der Waals surface area contributed by atoms with E-state index in [-0.39, 0.29) is 6.42 Å². The Morgan fingerprint density at radius 2 is 0.939 bits per heavy atom. The van der Waals surface area contributed by atoms with E-state index in [2.05, 4.69) is 55.6 Å². The summed E-state index contributed by atoms with van der Waals surface area (Å²) in [5.41, 5.74) is 0. The lowest BCUT2D eigenvalue weighted by Gasteiger charge is -2.41. The number of carbonyl (C=O) groups is 1. The molecule has 9 N–H and O–H groups in total. The average molecular weight is 958 g/mol. The van der Waals surface area contributed by atoms with Crippen LogP contribution < -0.4 is 5.32 Å². The molecule has 8 atom stereocenters. The van der Waals surface area contributed by atoms with E-state index in [9.17, 15) is 50.0 Å². The third-order valence-corrected chi connectivity index (χ3v) is 13.4. The maximum atomic E-state index is 13.0. The van der Waals surface area contributed by atoms with Crippen LogP contribution in [0, 0.1) is 0 Å². The molecule has 0 saturated heterocycles. The fourth-order valence-corrected chi connectivity index (χ4v) is 9.10. The molecule has 8 unspecified atom stereocenters. The molecule has 13 nitrogen and oxygen atoms in total. The van der Waals surface area contributed by atoms with Crippen molar-refractivity contribution in [3.8, 4) is 0 Å². The molecule has 0 radical (unpaired) electrons.